The van der Waals surface area contributed by atoms with Crippen LogP contribution in [0.5, 0.6) is 0 Å². The molecule has 0 amide bonds. The van der Waals surface area contributed by atoms with E-state index in [9.17, 15) is 0 Å². The predicted octanol–water partition coefficient (Wildman–Crippen LogP) is 1.26. The lowest BCUT2D eigenvalue weighted by Crippen LogP contribution is -2.42. The van der Waals surface area contributed by atoms with Crippen molar-refractivity contribution < 1.29 is 5.11 Å². The SMILES string of the molecule is CCNc1cc(N(CCO)C2CCC2)ncn1. The number of aliphatic hydroxyl groups is 1. The molecule has 0 atom stereocenters. The summed E-state index contributed by atoms with van der Waals surface area (Å²) in [6.07, 6.45) is 5.25. The van der Waals surface area contributed by atoms with Gasteiger partial charge in [-0.05, 0) is 26.2 Å². The number of hydrogen-bond acceptors (Lipinski definition) is 5. The second-order valence-electron chi connectivity index (χ2n) is 4.29. The number of hydrogen-bond donors (Lipinski definition) is 2. The van der Waals surface area contributed by atoms with Crippen molar-refractivity contribution >= 4 is 11.6 Å². The molecule has 0 saturated heterocycles. The first-order valence-electron chi connectivity index (χ1n) is 6.28. The van der Waals surface area contributed by atoms with Gasteiger partial charge in [-0.25, -0.2) is 9.97 Å². The summed E-state index contributed by atoms with van der Waals surface area (Å²) < 4.78 is 0. The van der Waals surface area contributed by atoms with Gasteiger partial charge < -0.3 is 15.3 Å². The van der Waals surface area contributed by atoms with E-state index >= 15 is 0 Å². The van der Waals surface area contributed by atoms with E-state index < -0.39 is 0 Å². The summed E-state index contributed by atoms with van der Waals surface area (Å²) in [5, 5.41) is 12.3. The van der Waals surface area contributed by atoms with Gasteiger partial charge in [-0.2, -0.15) is 0 Å². The molecule has 0 unspecified atom stereocenters. The number of nitrogens with zero attached hydrogens (tertiary/aromatic N) is 3. The van der Waals surface area contributed by atoms with Crippen LogP contribution in [-0.4, -0.2) is 40.8 Å². The molecule has 0 radical (unpaired) electrons. The quantitative estimate of drug-likeness (QED) is 0.778. The lowest BCUT2D eigenvalue weighted by atomic mass is 9.91. The molecule has 1 aliphatic rings. The van der Waals surface area contributed by atoms with Gasteiger partial charge in [-0.1, -0.05) is 0 Å². The summed E-state index contributed by atoms with van der Waals surface area (Å²) in [6, 6.07) is 2.49. The Labute approximate surface area is 102 Å². The highest BCUT2D eigenvalue weighted by Gasteiger charge is 2.25. The predicted molar refractivity (Wildman–Crippen MR) is 68.3 cm³/mol. The molecule has 1 saturated carbocycles. The third-order valence-corrected chi connectivity index (χ3v) is 3.16. The minimum Gasteiger partial charge on any atom is -0.395 e. The topological polar surface area (TPSA) is 61.3 Å². The van der Waals surface area contributed by atoms with Gasteiger partial charge in [0.1, 0.15) is 18.0 Å². The van der Waals surface area contributed by atoms with Crippen molar-refractivity contribution in [2.24, 2.45) is 0 Å². The highest BCUT2D eigenvalue weighted by Crippen LogP contribution is 2.28. The molecule has 0 aliphatic heterocycles. The Morgan fingerprint density at radius 1 is 1.47 bits per heavy atom. The van der Waals surface area contributed by atoms with E-state index in [2.05, 4.69) is 20.2 Å². The van der Waals surface area contributed by atoms with Gasteiger partial charge in [0.25, 0.3) is 0 Å². The molecule has 1 aromatic rings. The molecule has 1 aromatic heterocycles. The van der Waals surface area contributed by atoms with Crippen LogP contribution >= 0.6 is 0 Å². The average Bonchev–Trinajstić information content (AvgIpc) is 2.27. The maximum Gasteiger partial charge on any atom is 0.134 e. The Bertz CT molecular complexity index is 354. The lowest BCUT2D eigenvalue weighted by Gasteiger charge is -2.38. The van der Waals surface area contributed by atoms with E-state index in [-0.39, 0.29) is 6.61 Å². The first-order valence-corrected chi connectivity index (χ1v) is 6.28. The first-order chi connectivity index (χ1) is 8.35. The van der Waals surface area contributed by atoms with E-state index in [1.54, 1.807) is 6.33 Å². The van der Waals surface area contributed by atoms with Crippen LogP contribution in [0.3, 0.4) is 0 Å². The van der Waals surface area contributed by atoms with Crippen molar-refractivity contribution in [3.8, 4) is 0 Å². The van der Waals surface area contributed by atoms with Crippen molar-refractivity contribution in [3.05, 3.63) is 12.4 Å². The molecule has 0 spiro atoms. The van der Waals surface area contributed by atoms with Crippen LogP contribution in [0.25, 0.3) is 0 Å². The van der Waals surface area contributed by atoms with E-state index in [0.29, 0.717) is 12.6 Å². The summed E-state index contributed by atoms with van der Waals surface area (Å²) in [5.74, 6) is 1.76. The number of aromatic nitrogens is 2. The Morgan fingerprint density at radius 3 is 2.88 bits per heavy atom. The summed E-state index contributed by atoms with van der Waals surface area (Å²) in [4.78, 5) is 10.7. The van der Waals surface area contributed by atoms with Gasteiger partial charge in [0.15, 0.2) is 0 Å². The largest absolute Gasteiger partial charge is 0.395 e. The fourth-order valence-electron chi connectivity index (χ4n) is 2.07. The Hall–Kier alpha value is -1.36. The molecule has 1 aliphatic carbocycles. The van der Waals surface area contributed by atoms with Crippen molar-refractivity contribution in [1.29, 1.82) is 0 Å². The molecule has 0 aromatic carbocycles. The van der Waals surface area contributed by atoms with E-state index in [1.165, 1.54) is 19.3 Å². The molecule has 1 fully saturated rings. The summed E-state index contributed by atoms with van der Waals surface area (Å²) in [6.45, 7) is 3.70. The Kier molecular flexibility index (Phi) is 4.14. The first kappa shape index (κ1) is 12.1. The third-order valence-electron chi connectivity index (χ3n) is 3.16. The zero-order chi connectivity index (χ0) is 12.1. The van der Waals surface area contributed by atoms with Crippen LogP contribution < -0.4 is 10.2 Å². The highest BCUT2D eigenvalue weighted by atomic mass is 16.3. The summed E-state index contributed by atoms with van der Waals surface area (Å²) in [5.41, 5.74) is 0. The van der Waals surface area contributed by atoms with E-state index in [1.807, 2.05) is 13.0 Å². The molecule has 5 heteroatoms. The Morgan fingerprint density at radius 2 is 2.29 bits per heavy atom. The zero-order valence-electron chi connectivity index (χ0n) is 10.3. The van der Waals surface area contributed by atoms with Crippen molar-refractivity contribution in [1.82, 2.24) is 9.97 Å². The van der Waals surface area contributed by atoms with Crippen LogP contribution in [0, 0.1) is 0 Å². The monoisotopic (exact) mass is 236 g/mol. The highest BCUT2D eigenvalue weighted by molar-refractivity contribution is 5.49. The molecular weight excluding hydrogens is 216 g/mol. The van der Waals surface area contributed by atoms with Gasteiger partial charge in [-0.3, -0.25) is 0 Å². The van der Waals surface area contributed by atoms with Crippen LogP contribution in [-0.2, 0) is 0 Å². The van der Waals surface area contributed by atoms with Crippen molar-refractivity contribution in [2.75, 3.05) is 29.9 Å². The zero-order valence-corrected chi connectivity index (χ0v) is 10.3. The fraction of sp³-hybridized carbons (Fsp3) is 0.667. The smallest absolute Gasteiger partial charge is 0.134 e. The van der Waals surface area contributed by atoms with E-state index in [4.69, 9.17) is 5.11 Å². The second kappa shape index (κ2) is 5.82. The van der Waals surface area contributed by atoms with Crippen LogP contribution in [0.15, 0.2) is 12.4 Å². The lowest BCUT2D eigenvalue weighted by molar-refractivity contribution is 0.283. The summed E-state index contributed by atoms with van der Waals surface area (Å²) in [7, 11) is 0. The maximum atomic E-state index is 9.14. The number of aliphatic hydroxyl groups excluding tert-OH is 1. The maximum absolute atomic E-state index is 9.14. The van der Waals surface area contributed by atoms with E-state index in [0.717, 1.165) is 18.2 Å². The molecule has 2 N–H and O–H groups in total. The number of nitrogens with one attached hydrogen (secondary N) is 1. The second-order valence-corrected chi connectivity index (χ2v) is 4.29. The van der Waals surface area contributed by atoms with Gasteiger partial charge >= 0.3 is 0 Å². The Balaban J connectivity index is 2.13. The van der Waals surface area contributed by atoms with Crippen LogP contribution in [0.2, 0.25) is 0 Å². The van der Waals surface area contributed by atoms with Gasteiger partial charge in [-0.15, -0.1) is 0 Å². The normalized spacial score (nSPS) is 15.4. The third kappa shape index (κ3) is 2.85. The van der Waals surface area contributed by atoms with Gasteiger partial charge in [0, 0.05) is 25.2 Å². The number of anilines is 2. The molecular formula is C12H20N4O. The molecule has 5 nitrogen and oxygen atoms in total. The van der Waals surface area contributed by atoms with Crippen LogP contribution in [0.1, 0.15) is 26.2 Å². The number of rotatable bonds is 6. The van der Waals surface area contributed by atoms with Crippen molar-refractivity contribution in [2.45, 2.75) is 32.2 Å². The van der Waals surface area contributed by atoms with Crippen LogP contribution in [0.4, 0.5) is 11.6 Å². The minimum absolute atomic E-state index is 0.164. The fourth-order valence-corrected chi connectivity index (χ4v) is 2.07. The molecule has 1 heterocycles. The summed E-state index contributed by atoms with van der Waals surface area (Å²) >= 11 is 0. The molecule has 0 bridgehead atoms. The molecule has 17 heavy (non-hydrogen) atoms. The van der Waals surface area contributed by atoms with Gasteiger partial charge in [0.05, 0.1) is 6.61 Å². The minimum atomic E-state index is 0.164. The molecule has 2 rings (SSSR count). The van der Waals surface area contributed by atoms with Gasteiger partial charge in [0.2, 0.25) is 0 Å². The average molecular weight is 236 g/mol. The molecule has 94 valence electrons. The van der Waals surface area contributed by atoms with Crippen molar-refractivity contribution in [3.63, 3.8) is 0 Å². The standard InChI is InChI=1S/C12H20N4O/c1-2-13-11-8-12(15-9-14-11)16(6-7-17)10-4-3-5-10/h8-10,17H,2-7H2,1H3,(H,13,14,15).